The summed E-state index contributed by atoms with van der Waals surface area (Å²) in [6.45, 7) is -0.291. The summed E-state index contributed by atoms with van der Waals surface area (Å²) in [6, 6.07) is 3.30. The molecule has 1 saturated carbocycles. The fraction of sp³-hybridized carbons (Fsp3) is 0.562. The zero-order valence-corrected chi connectivity index (χ0v) is 13.3. The predicted molar refractivity (Wildman–Crippen MR) is 83.8 cm³/mol. The van der Waals surface area contributed by atoms with Gasteiger partial charge in [-0.3, -0.25) is 4.79 Å². The molecule has 0 atom stereocenters. The molecule has 6 heteroatoms. The van der Waals surface area contributed by atoms with E-state index in [0.717, 1.165) is 25.7 Å². The van der Waals surface area contributed by atoms with Gasteiger partial charge in [0.2, 0.25) is 0 Å². The van der Waals surface area contributed by atoms with E-state index in [-0.39, 0.29) is 29.3 Å². The minimum Gasteiger partial charge on any atom is -0.452 e. The Hall–Kier alpha value is -1.62. The number of halogens is 1. The molecule has 1 N–H and O–H groups in total. The minimum absolute atomic E-state index is 0.0768. The summed E-state index contributed by atoms with van der Waals surface area (Å²) in [4.78, 5) is 27.5. The molecule has 0 spiro atoms. The summed E-state index contributed by atoms with van der Waals surface area (Å²) in [5.74, 6) is -0.898. The highest BCUT2D eigenvalue weighted by atomic mass is 35.5. The third-order valence-corrected chi connectivity index (χ3v) is 4.08. The molecule has 1 amide bonds. The zero-order valence-electron chi connectivity index (χ0n) is 12.5. The lowest BCUT2D eigenvalue weighted by Gasteiger charge is -2.20. The highest BCUT2D eigenvalue weighted by molar-refractivity contribution is 6.32. The Morgan fingerprint density at radius 3 is 2.59 bits per heavy atom. The monoisotopic (exact) mass is 324 g/mol. The molecular formula is C16H21ClN2O3. The summed E-state index contributed by atoms with van der Waals surface area (Å²) in [7, 11) is 0. The van der Waals surface area contributed by atoms with Crippen LogP contribution in [0.15, 0.2) is 18.3 Å². The number of ether oxygens (including phenoxy) is 1. The quantitative estimate of drug-likeness (QED) is 0.682. The molecular weight excluding hydrogens is 304 g/mol. The molecule has 0 aromatic carbocycles. The number of hydrogen-bond donors (Lipinski definition) is 1. The van der Waals surface area contributed by atoms with E-state index in [1.807, 2.05) is 0 Å². The van der Waals surface area contributed by atoms with Crippen molar-refractivity contribution >= 4 is 23.5 Å². The zero-order chi connectivity index (χ0) is 15.8. The van der Waals surface area contributed by atoms with Gasteiger partial charge in [0.1, 0.15) is 5.15 Å². The number of rotatable bonds is 4. The molecule has 1 fully saturated rings. The summed E-state index contributed by atoms with van der Waals surface area (Å²) < 4.78 is 4.99. The first-order valence-electron chi connectivity index (χ1n) is 7.74. The van der Waals surface area contributed by atoms with Crippen LogP contribution in [-0.4, -0.2) is 29.5 Å². The average Bonchev–Trinajstić information content (AvgIpc) is 2.48. The number of nitrogens with zero attached hydrogens (tertiary/aromatic N) is 1. The highest BCUT2D eigenvalue weighted by Crippen LogP contribution is 2.17. The molecule has 5 nitrogen and oxygen atoms in total. The van der Waals surface area contributed by atoms with Crippen molar-refractivity contribution in [1.82, 2.24) is 10.3 Å². The Labute approximate surface area is 135 Å². The van der Waals surface area contributed by atoms with Crippen molar-refractivity contribution in [1.29, 1.82) is 0 Å². The highest BCUT2D eigenvalue weighted by Gasteiger charge is 2.17. The second kappa shape index (κ2) is 8.73. The molecule has 1 aromatic rings. The predicted octanol–water partition coefficient (Wildman–Crippen LogP) is 3.12. The number of amides is 1. The van der Waals surface area contributed by atoms with Gasteiger partial charge in [0.25, 0.3) is 5.91 Å². The Morgan fingerprint density at radius 2 is 1.91 bits per heavy atom. The molecule has 1 heterocycles. The van der Waals surface area contributed by atoms with Crippen molar-refractivity contribution in [2.75, 3.05) is 6.61 Å². The minimum atomic E-state index is -0.633. The average molecular weight is 325 g/mol. The van der Waals surface area contributed by atoms with E-state index in [4.69, 9.17) is 16.3 Å². The molecule has 1 aliphatic rings. The smallest absolute Gasteiger partial charge is 0.341 e. The van der Waals surface area contributed by atoms with Crippen LogP contribution in [0.4, 0.5) is 0 Å². The van der Waals surface area contributed by atoms with Crippen LogP contribution in [0.25, 0.3) is 0 Å². The van der Waals surface area contributed by atoms with Crippen LogP contribution in [-0.2, 0) is 9.53 Å². The lowest BCUT2D eigenvalue weighted by molar-refractivity contribution is -0.125. The molecule has 0 saturated heterocycles. The van der Waals surface area contributed by atoms with E-state index in [9.17, 15) is 9.59 Å². The third kappa shape index (κ3) is 5.30. The Morgan fingerprint density at radius 1 is 1.23 bits per heavy atom. The van der Waals surface area contributed by atoms with Gasteiger partial charge in [0.05, 0.1) is 5.56 Å². The van der Waals surface area contributed by atoms with E-state index in [1.165, 1.54) is 31.5 Å². The summed E-state index contributed by atoms with van der Waals surface area (Å²) in [5, 5.41) is 3.02. The van der Waals surface area contributed by atoms with Crippen LogP contribution < -0.4 is 5.32 Å². The van der Waals surface area contributed by atoms with E-state index >= 15 is 0 Å². The van der Waals surface area contributed by atoms with Gasteiger partial charge < -0.3 is 10.1 Å². The summed E-state index contributed by atoms with van der Waals surface area (Å²) in [5.41, 5.74) is 0.169. The van der Waals surface area contributed by atoms with Gasteiger partial charge in [0, 0.05) is 12.2 Å². The number of esters is 1. The number of hydrogen-bond acceptors (Lipinski definition) is 4. The second-order valence-electron chi connectivity index (χ2n) is 5.53. The molecule has 1 aliphatic carbocycles. The molecule has 22 heavy (non-hydrogen) atoms. The number of pyridine rings is 1. The molecule has 0 bridgehead atoms. The Kier molecular flexibility index (Phi) is 6.65. The molecule has 2 rings (SSSR count). The number of carbonyl (C=O) groups excluding carboxylic acids is 2. The lowest BCUT2D eigenvalue weighted by atomic mass is 9.97. The van der Waals surface area contributed by atoms with Gasteiger partial charge in [-0.1, -0.05) is 43.7 Å². The second-order valence-corrected chi connectivity index (χ2v) is 5.89. The summed E-state index contributed by atoms with van der Waals surface area (Å²) in [6.07, 6.45) is 9.47. The van der Waals surface area contributed by atoms with Crippen LogP contribution in [0.1, 0.15) is 55.3 Å². The van der Waals surface area contributed by atoms with Crippen molar-refractivity contribution in [2.24, 2.45) is 0 Å². The molecule has 120 valence electrons. The van der Waals surface area contributed by atoms with E-state index < -0.39 is 5.97 Å². The maximum absolute atomic E-state index is 11.9. The molecule has 0 unspecified atom stereocenters. The maximum atomic E-state index is 11.9. The fourth-order valence-corrected chi connectivity index (χ4v) is 2.81. The summed E-state index contributed by atoms with van der Waals surface area (Å²) >= 11 is 5.81. The maximum Gasteiger partial charge on any atom is 0.341 e. The van der Waals surface area contributed by atoms with Crippen molar-refractivity contribution < 1.29 is 14.3 Å². The first-order chi connectivity index (χ1) is 10.7. The normalized spacial score (nSPS) is 16.4. The van der Waals surface area contributed by atoms with Gasteiger partial charge >= 0.3 is 5.97 Å². The van der Waals surface area contributed by atoms with Crippen LogP contribution in [0.3, 0.4) is 0 Å². The first-order valence-corrected chi connectivity index (χ1v) is 8.11. The topological polar surface area (TPSA) is 68.3 Å². The number of aromatic nitrogens is 1. The Balaban J connectivity index is 1.77. The van der Waals surface area contributed by atoms with Gasteiger partial charge in [-0.15, -0.1) is 0 Å². The van der Waals surface area contributed by atoms with Crippen molar-refractivity contribution in [2.45, 2.75) is 51.0 Å². The van der Waals surface area contributed by atoms with Crippen LogP contribution in [0.5, 0.6) is 0 Å². The standard InChI is InChI=1S/C16H21ClN2O3/c17-15-13(9-6-10-18-15)16(21)22-11-14(20)19-12-7-4-2-1-3-5-8-12/h6,9-10,12H,1-5,7-8,11H2,(H,19,20). The third-order valence-electron chi connectivity index (χ3n) is 3.78. The van der Waals surface area contributed by atoms with Crippen molar-refractivity contribution in [3.63, 3.8) is 0 Å². The van der Waals surface area contributed by atoms with Crippen LogP contribution in [0.2, 0.25) is 5.15 Å². The van der Waals surface area contributed by atoms with Crippen LogP contribution >= 0.6 is 11.6 Å². The molecule has 0 radical (unpaired) electrons. The molecule has 0 aliphatic heterocycles. The van der Waals surface area contributed by atoms with E-state index in [2.05, 4.69) is 10.3 Å². The van der Waals surface area contributed by atoms with E-state index in [1.54, 1.807) is 6.07 Å². The fourth-order valence-electron chi connectivity index (χ4n) is 2.62. The van der Waals surface area contributed by atoms with Gasteiger partial charge in [-0.25, -0.2) is 9.78 Å². The Bertz CT molecular complexity index is 514. The largest absolute Gasteiger partial charge is 0.452 e. The number of nitrogens with one attached hydrogen (secondary N) is 1. The van der Waals surface area contributed by atoms with Gasteiger partial charge in [0.15, 0.2) is 6.61 Å². The lowest BCUT2D eigenvalue weighted by Crippen LogP contribution is -2.38. The van der Waals surface area contributed by atoms with Gasteiger partial charge in [-0.05, 0) is 25.0 Å². The van der Waals surface area contributed by atoms with Crippen molar-refractivity contribution in [3.05, 3.63) is 29.0 Å². The van der Waals surface area contributed by atoms with Crippen molar-refractivity contribution in [3.8, 4) is 0 Å². The molecule has 1 aromatic heterocycles. The van der Waals surface area contributed by atoms with Crippen LogP contribution in [0, 0.1) is 0 Å². The first kappa shape index (κ1) is 16.7. The van der Waals surface area contributed by atoms with E-state index in [0.29, 0.717) is 0 Å². The number of carbonyl (C=O) groups is 2. The SMILES string of the molecule is O=C(COC(=O)c1cccnc1Cl)NC1CCCCCCC1. The van der Waals surface area contributed by atoms with Gasteiger partial charge in [-0.2, -0.15) is 0 Å².